The zero-order valence-corrected chi connectivity index (χ0v) is 14.9. The maximum atomic E-state index is 11.2. The van der Waals surface area contributed by atoms with Crippen LogP contribution in [-0.2, 0) is 0 Å². The molecule has 0 aliphatic rings. The predicted octanol–water partition coefficient (Wildman–Crippen LogP) is 4.65. The molecule has 4 rings (SSSR count). The van der Waals surface area contributed by atoms with Crippen LogP contribution in [0.15, 0.2) is 72.8 Å². The first-order chi connectivity index (χ1) is 14.0. The van der Waals surface area contributed by atoms with Gasteiger partial charge in [0, 0.05) is 28.8 Å². The van der Waals surface area contributed by atoms with Crippen molar-refractivity contribution in [3.63, 3.8) is 0 Å². The number of hydrogen-bond donors (Lipinski definition) is 2. The van der Waals surface area contributed by atoms with Crippen molar-refractivity contribution in [2.45, 2.75) is 0 Å². The summed E-state index contributed by atoms with van der Waals surface area (Å²) >= 11 is 0. The van der Waals surface area contributed by atoms with Crippen molar-refractivity contribution in [1.82, 2.24) is 9.97 Å². The van der Waals surface area contributed by atoms with Gasteiger partial charge in [0.05, 0.1) is 16.0 Å². The molecule has 8 nitrogen and oxygen atoms in total. The molecule has 2 N–H and O–H groups in total. The number of benzene rings is 3. The standard InChI is InChI=1S/C21H14N4O4/c26-21(27)14-7-4-8-15(11-14)22-20-17-12-16(25(28)29)9-10-18(17)23-19(24-20)13-5-2-1-3-6-13/h1-12H,(H,26,27)(H,22,23,24). The fourth-order valence-corrected chi connectivity index (χ4v) is 2.91. The van der Waals surface area contributed by atoms with Crippen LogP contribution in [0.2, 0.25) is 0 Å². The number of carboxylic acid groups (broad SMARTS) is 1. The number of carboxylic acids is 1. The molecule has 8 heteroatoms. The Labute approximate surface area is 164 Å². The highest BCUT2D eigenvalue weighted by Crippen LogP contribution is 2.30. The van der Waals surface area contributed by atoms with Gasteiger partial charge in [-0.25, -0.2) is 14.8 Å². The Kier molecular flexibility index (Phi) is 4.58. The van der Waals surface area contributed by atoms with Crippen LogP contribution in [0.25, 0.3) is 22.3 Å². The van der Waals surface area contributed by atoms with Gasteiger partial charge in [0.25, 0.3) is 5.69 Å². The Morgan fingerprint density at radius 2 is 1.76 bits per heavy atom. The predicted molar refractivity (Wildman–Crippen MR) is 108 cm³/mol. The van der Waals surface area contributed by atoms with Gasteiger partial charge in [-0.2, -0.15) is 0 Å². The number of nitrogens with one attached hydrogen (secondary N) is 1. The molecule has 0 saturated heterocycles. The number of nitrogens with zero attached hydrogens (tertiary/aromatic N) is 3. The zero-order chi connectivity index (χ0) is 20.4. The van der Waals surface area contributed by atoms with Gasteiger partial charge in [0.1, 0.15) is 5.82 Å². The molecule has 1 aromatic heterocycles. The number of hydrogen-bond acceptors (Lipinski definition) is 6. The molecule has 29 heavy (non-hydrogen) atoms. The Bertz CT molecular complexity index is 1240. The lowest BCUT2D eigenvalue weighted by atomic mass is 10.1. The molecule has 0 radical (unpaired) electrons. The van der Waals surface area contributed by atoms with Gasteiger partial charge in [-0.3, -0.25) is 10.1 Å². The van der Waals surface area contributed by atoms with Gasteiger partial charge in [-0.05, 0) is 24.3 Å². The molecule has 0 atom stereocenters. The number of fused-ring (bicyclic) bond motifs is 1. The lowest BCUT2D eigenvalue weighted by Crippen LogP contribution is -2.02. The average molecular weight is 386 g/mol. The second kappa shape index (κ2) is 7.35. The molecule has 0 aliphatic heterocycles. The molecule has 0 aliphatic carbocycles. The number of anilines is 2. The van der Waals surface area contributed by atoms with Crippen molar-refractivity contribution in [1.29, 1.82) is 0 Å². The summed E-state index contributed by atoms with van der Waals surface area (Å²) in [5.41, 5.74) is 1.84. The molecule has 0 unspecified atom stereocenters. The van der Waals surface area contributed by atoms with Gasteiger partial charge < -0.3 is 10.4 Å². The summed E-state index contributed by atoms with van der Waals surface area (Å²) in [5, 5.41) is 23.9. The summed E-state index contributed by atoms with van der Waals surface area (Å²) in [6, 6.07) is 19.9. The molecule has 0 fully saturated rings. The normalized spacial score (nSPS) is 10.6. The van der Waals surface area contributed by atoms with Crippen LogP contribution in [0.1, 0.15) is 10.4 Å². The monoisotopic (exact) mass is 386 g/mol. The van der Waals surface area contributed by atoms with E-state index in [9.17, 15) is 20.0 Å². The highest BCUT2D eigenvalue weighted by Gasteiger charge is 2.14. The Balaban J connectivity index is 1.89. The minimum Gasteiger partial charge on any atom is -0.478 e. The minimum absolute atomic E-state index is 0.0871. The number of rotatable bonds is 5. The Morgan fingerprint density at radius 1 is 0.966 bits per heavy atom. The minimum atomic E-state index is -1.05. The fraction of sp³-hybridized carbons (Fsp3) is 0. The maximum absolute atomic E-state index is 11.2. The Hall–Kier alpha value is -4.33. The van der Waals surface area contributed by atoms with Crippen LogP contribution in [0.3, 0.4) is 0 Å². The maximum Gasteiger partial charge on any atom is 0.335 e. The smallest absolute Gasteiger partial charge is 0.335 e. The second-order valence-electron chi connectivity index (χ2n) is 6.23. The number of nitro groups is 1. The Morgan fingerprint density at radius 3 is 2.48 bits per heavy atom. The van der Waals surface area contributed by atoms with E-state index < -0.39 is 10.9 Å². The molecule has 0 saturated carbocycles. The summed E-state index contributed by atoms with van der Waals surface area (Å²) < 4.78 is 0. The van der Waals surface area contributed by atoms with Crippen molar-refractivity contribution in [3.8, 4) is 11.4 Å². The van der Waals surface area contributed by atoms with Crippen LogP contribution in [0.4, 0.5) is 17.2 Å². The average Bonchev–Trinajstić information content (AvgIpc) is 2.74. The summed E-state index contributed by atoms with van der Waals surface area (Å²) in [6.07, 6.45) is 0. The summed E-state index contributed by atoms with van der Waals surface area (Å²) in [4.78, 5) is 31.0. The summed E-state index contributed by atoms with van der Waals surface area (Å²) in [5.74, 6) is -0.259. The van der Waals surface area contributed by atoms with Crippen molar-refractivity contribution >= 4 is 34.1 Å². The highest BCUT2D eigenvalue weighted by atomic mass is 16.6. The van der Waals surface area contributed by atoms with E-state index in [0.717, 1.165) is 5.56 Å². The van der Waals surface area contributed by atoms with E-state index in [1.165, 1.54) is 24.3 Å². The van der Waals surface area contributed by atoms with E-state index in [1.54, 1.807) is 18.2 Å². The van der Waals surface area contributed by atoms with Gasteiger partial charge in [-0.15, -0.1) is 0 Å². The van der Waals surface area contributed by atoms with Gasteiger partial charge >= 0.3 is 5.97 Å². The van der Waals surface area contributed by atoms with Gasteiger partial charge in [0.15, 0.2) is 5.82 Å². The molecule has 142 valence electrons. The second-order valence-corrected chi connectivity index (χ2v) is 6.23. The zero-order valence-electron chi connectivity index (χ0n) is 14.9. The van der Waals surface area contributed by atoms with E-state index in [1.807, 2.05) is 30.3 Å². The molecule has 3 aromatic carbocycles. The fourth-order valence-electron chi connectivity index (χ4n) is 2.91. The molecule has 1 heterocycles. The van der Waals surface area contributed by atoms with Crippen LogP contribution < -0.4 is 5.32 Å². The van der Waals surface area contributed by atoms with E-state index in [0.29, 0.717) is 28.2 Å². The lowest BCUT2D eigenvalue weighted by molar-refractivity contribution is -0.384. The molecule has 0 bridgehead atoms. The van der Waals surface area contributed by atoms with Crippen molar-refractivity contribution < 1.29 is 14.8 Å². The van der Waals surface area contributed by atoms with Crippen LogP contribution in [0, 0.1) is 10.1 Å². The van der Waals surface area contributed by atoms with E-state index in [2.05, 4.69) is 15.3 Å². The molecular weight excluding hydrogens is 372 g/mol. The number of aromatic nitrogens is 2. The molecular formula is C21H14N4O4. The first-order valence-corrected chi connectivity index (χ1v) is 8.63. The first-order valence-electron chi connectivity index (χ1n) is 8.63. The molecule has 4 aromatic rings. The van der Waals surface area contributed by atoms with Crippen molar-refractivity contribution in [2.24, 2.45) is 0 Å². The van der Waals surface area contributed by atoms with E-state index in [-0.39, 0.29) is 11.3 Å². The third-order valence-electron chi connectivity index (χ3n) is 4.29. The number of carbonyl (C=O) groups is 1. The van der Waals surface area contributed by atoms with Gasteiger partial charge in [-0.1, -0.05) is 36.4 Å². The topological polar surface area (TPSA) is 118 Å². The van der Waals surface area contributed by atoms with Crippen LogP contribution in [-0.4, -0.2) is 26.0 Å². The summed E-state index contributed by atoms with van der Waals surface area (Å²) in [6.45, 7) is 0. The van der Waals surface area contributed by atoms with Gasteiger partial charge in [0.2, 0.25) is 0 Å². The molecule has 0 spiro atoms. The molecule has 0 amide bonds. The number of non-ortho nitro benzene ring substituents is 1. The third kappa shape index (κ3) is 3.72. The lowest BCUT2D eigenvalue weighted by Gasteiger charge is -2.11. The van der Waals surface area contributed by atoms with E-state index >= 15 is 0 Å². The van der Waals surface area contributed by atoms with Crippen LogP contribution >= 0.6 is 0 Å². The van der Waals surface area contributed by atoms with Crippen molar-refractivity contribution in [2.75, 3.05) is 5.32 Å². The largest absolute Gasteiger partial charge is 0.478 e. The first kappa shape index (κ1) is 18.1. The number of nitro benzene ring substituents is 1. The van der Waals surface area contributed by atoms with Crippen molar-refractivity contribution in [3.05, 3.63) is 88.5 Å². The van der Waals surface area contributed by atoms with E-state index in [4.69, 9.17) is 0 Å². The number of aromatic carboxylic acids is 1. The quantitative estimate of drug-likeness (QED) is 0.379. The SMILES string of the molecule is O=C(O)c1cccc(Nc2nc(-c3ccccc3)nc3ccc([N+](=O)[O-])cc23)c1. The third-order valence-corrected chi connectivity index (χ3v) is 4.29. The summed E-state index contributed by atoms with van der Waals surface area (Å²) in [7, 11) is 0. The highest BCUT2D eigenvalue weighted by molar-refractivity contribution is 5.94. The van der Waals surface area contributed by atoms with Crippen LogP contribution in [0.5, 0.6) is 0 Å².